The SMILES string of the molecule is CCNCCNC(=O)c1nc(C(C)C)n(-c2c(Cl)cccc2Cl)n1. The molecule has 0 atom stereocenters. The van der Waals surface area contributed by atoms with Gasteiger partial charge in [0.2, 0.25) is 5.82 Å². The molecule has 0 aliphatic rings. The highest BCUT2D eigenvalue weighted by Gasteiger charge is 2.21. The smallest absolute Gasteiger partial charge is 0.291 e. The van der Waals surface area contributed by atoms with Crippen molar-refractivity contribution in [2.45, 2.75) is 26.7 Å². The van der Waals surface area contributed by atoms with Gasteiger partial charge in [0.15, 0.2) is 0 Å². The van der Waals surface area contributed by atoms with E-state index in [9.17, 15) is 4.79 Å². The van der Waals surface area contributed by atoms with Crippen LogP contribution in [0, 0.1) is 0 Å². The number of rotatable bonds is 7. The molecule has 0 fully saturated rings. The van der Waals surface area contributed by atoms with E-state index in [-0.39, 0.29) is 17.6 Å². The number of amides is 1. The van der Waals surface area contributed by atoms with Crippen LogP contribution in [-0.4, -0.2) is 40.3 Å². The molecule has 2 N–H and O–H groups in total. The number of halogens is 2. The van der Waals surface area contributed by atoms with Crippen molar-refractivity contribution in [3.8, 4) is 5.69 Å². The van der Waals surface area contributed by atoms with E-state index in [2.05, 4.69) is 20.7 Å². The Morgan fingerprint density at radius 2 is 1.92 bits per heavy atom. The van der Waals surface area contributed by atoms with E-state index in [4.69, 9.17) is 23.2 Å². The van der Waals surface area contributed by atoms with Gasteiger partial charge in [0.1, 0.15) is 11.5 Å². The summed E-state index contributed by atoms with van der Waals surface area (Å²) in [6.45, 7) is 8.00. The van der Waals surface area contributed by atoms with Crippen molar-refractivity contribution in [2.24, 2.45) is 0 Å². The summed E-state index contributed by atoms with van der Waals surface area (Å²) in [7, 11) is 0. The molecule has 0 spiro atoms. The lowest BCUT2D eigenvalue weighted by atomic mass is 10.2. The second-order valence-corrected chi connectivity index (χ2v) is 6.35. The minimum Gasteiger partial charge on any atom is -0.348 e. The average molecular weight is 370 g/mol. The monoisotopic (exact) mass is 369 g/mol. The maximum atomic E-state index is 12.3. The average Bonchev–Trinajstić information content (AvgIpc) is 2.96. The number of benzene rings is 1. The molecular formula is C16H21Cl2N5O. The number of para-hydroxylation sites is 1. The molecule has 1 amide bonds. The predicted octanol–water partition coefficient (Wildman–Crippen LogP) is 3.04. The summed E-state index contributed by atoms with van der Waals surface area (Å²) < 4.78 is 1.55. The Morgan fingerprint density at radius 1 is 1.25 bits per heavy atom. The maximum absolute atomic E-state index is 12.3. The van der Waals surface area contributed by atoms with Gasteiger partial charge in [0.05, 0.1) is 10.0 Å². The van der Waals surface area contributed by atoms with E-state index >= 15 is 0 Å². The lowest BCUT2D eigenvalue weighted by molar-refractivity contribution is 0.0943. The van der Waals surface area contributed by atoms with Crippen molar-refractivity contribution < 1.29 is 4.79 Å². The van der Waals surface area contributed by atoms with Crippen molar-refractivity contribution in [2.75, 3.05) is 19.6 Å². The minimum atomic E-state index is -0.322. The van der Waals surface area contributed by atoms with Crippen LogP contribution in [0.1, 0.15) is 43.1 Å². The molecule has 0 unspecified atom stereocenters. The van der Waals surface area contributed by atoms with Crippen molar-refractivity contribution in [3.63, 3.8) is 0 Å². The molecule has 2 rings (SSSR count). The van der Waals surface area contributed by atoms with Gasteiger partial charge < -0.3 is 10.6 Å². The summed E-state index contributed by atoms with van der Waals surface area (Å²) in [5.41, 5.74) is 0.531. The molecule has 0 saturated carbocycles. The Morgan fingerprint density at radius 3 is 2.50 bits per heavy atom. The zero-order valence-corrected chi connectivity index (χ0v) is 15.4. The van der Waals surface area contributed by atoms with Gasteiger partial charge in [-0.15, -0.1) is 5.10 Å². The zero-order valence-electron chi connectivity index (χ0n) is 13.9. The van der Waals surface area contributed by atoms with E-state index in [0.29, 0.717) is 34.6 Å². The Kier molecular flexibility index (Phi) is 6.60. The molecule has 8 heteroatoms. The number of likely N-dealkylation sites (N-methyl/N-ethyl adjacent to an activating group) is 1. The molecule has 24 heavy (non-hydrogen) atoms. The van der Waals surface area contributed by atoms with Gasteiger partial charge in [-0.25, -0.2) is 9.67 Å². The van der Waals surface area contributed by atoms with Crippen LogP contribution in [-0.2, 0) is 0 Å². The van der Waals surface area contributed by atoms with E-state index in [1.807, 2.05) is 20.8 Å². The fourth-order valence-electron chi connectivity index (χ4n) is 2.17. The maximum Gasteiger partial charge on any atom is 0.291 e. The molecule has 2 aromatic rings. The molecule has 1 aromatic carbocycles. The molecule has 130 valence electrons. The summed E-state index contributed by atoms with van der Waals surface area (Å²) in [6, 6.07) is 5.21. The van der Waals surface area contributed by atoms with Crippen LogP contribution in [0.5, 0.6) is 0 Å². The number of nitrogens with zero attached hydrogens (tertiary/aromatic N) is 3. The summed E-state index contributed by atoms with van der Waals surface area (Å²) in [4.78, 5) is 16.6. The fourth-order valence-corrected chi connectivity index (χ4v) is 2.73. The van der Waals surface area contributed by atoms with Crippen LogP contribution in [0.3, 0.4) is 0 Å². The normalized spacial score (nSPS) is 11.1. The van der Waals surface area contributed by atoms with Gasteiger partial charge >= 0.3 is 0 Å². The highest BCUT2D eigenvalue weighted by Crippen LogP contribution is 2.30. The molecule has 0 saturated heterocycles. The Bertz CT molecular complexity index is 694. The van der Waals surface area contributed by atoms with Crippen LogP contribution in [0.4, 0.5) is 0 Å². The molecule has 0 aliphatic carbocycles. The highest BCUT2D eigenvalue weighted by atomic mass is 35.5. The quantitative estimate of drug-likeness (QED) is 0.735. The molecule has 6 nitrogen and oxygen atoms in total. The highest BCUT2D eigenvalue weighted by molar-refractivity contribution is 6.37. The standard InChI is InChI=1S/C16H21Cl2N5O/c1-4-19-8-9-20-16(24)14-21-15(10(2)3)23(22-14)13-11(17)6-5-7-12(13)18/h5-7,10,19H,4,8-9H2,1-3H3,(H,20,24). The third-order valence-corrected chi connectivity index (χ3v) is 3.95. The van der Waals surface area contributed by atoms with Crippen molar-refractivity contribution >= 4 is 29.1 Å². The predicted molar refractivity (Wildman–Crippen MR) is 96.3 cm³/mol. The van der Waals surface area contributed by atoms with Crippen LogP contribution in [0.15, 0.2) is 18.2 Å². The summed E-state index contributed by atoms with van der Waals surface area (Å²) in [6.07, 6.45) is 0. The molecular weight excluding hydrogens is 349 g/mol. The third kappa shape index (κ3) is 4.26. The van der Waals surface area contributed by atoms with Gasteiger partial charge in [0.25, 0.3) is 5.91 Å². The first-order chi connectivity index (χ1) is 11.5. The number of aromatic nitrogens is 3. The van der Waals surface area contributed by atoms with Gasteiger partial charge in [-0.3, -0.25) is 4.79 Å². The number of carbonyl (C=O) groups excluding carboxylic acids is 1. The van der Waals surface area contributed by atoms with Gasteiger partial charge in [-0.2, -0.15) is 0 Å². The lowest BCUT2D eigenvalue weighted by Gasteiger charge is -2.11. The number of carbonyl (C=O) groups is 1. The topological polar surface area (TPSA) is 71.8 Å². The number of nitrogens with one attached hydrogen (secondary N) is 2. The van der Waals surface area contributed by atoms with Gasteiger partial charge in [-0.05, 0) is 18.7 Å². The van der Waals surface area contributed by atoms with Gasteiger partial charge in [0, 0.05) is 19.0 Å². The molecule has 0 aliphatic heterocycles. The van der Waals surface area contributed by atoms with Crippen LogP contribution in [0.2, 0.25) is 10.0 Å². The summed E-state index contributed by atoms with van der Waals surface area (Å²) >= 11 is 12.5. The molecule has 1 heterocycles. The van der Waals surface area contributed by atoms with Crippen LogP contribution >= 0.6 is 23.2 Å². The van der Waals surface area contributed by atoms with Crippen molar-refractivity contribution in [3.05, 3.63) is 39.9 Å². The Labute approximate surface area is 151 Å². The number of hydrogen-bond donors (Lipinski definition) is 2. The fraction of sp³-hybridized carbons (Fsp3) is 0.438. The second-order valence-electron chi connectivity index (χ2n) is 5.54. The number of hydrogen-bond acceptors (Lipinski definition) is 4. The van der Waals surface area contributed by atoms with Crippen LogP contribution in [0.25, 0.3) is 5.69 Å². The molecule has 0 bridgehead atoms. The summed E-state index contributed by atoms with van der Waals surface area (Å²) in [5.74, 6) is 0.456. The first-order valence-corrected chi connectivity index (χ1v) is 8.61. The lowest BCUT2D eigenvalue weighted by Crippen LogP contribution is -2.32. The second kappa shape index (κ2) is 8.46. The Balaban J connectivity index is 2.33. The van der Waals surface area contributed by atoms with E-state index < -0.39 is 0 Å². The van der Waals surface area contributed by atoms with Gasteiger partial charge in [-0.1, -0.05) is 50.0 Å². The van der Waals surface area contributed by atoms with Crippen LogP contribution < -0.4 is 10.6 Å². The van der Waals surface area contributed by atoms with Crippen molar-refractivity contribution in [1.29, 1.82) is 0 Å². The first-order valence-electron chi connectivity index (χ1n) is 7.86. The zero-order chi connectivity index (χ0) is 17.7. The van der Waals surface area contributed by atoms with E-state index in [1.165, 1.54) is 0 Å². The van der Waals surface area contributed by atoms with E-state index in [1.54, 1.807) is 22.9 Å². The minimum absolute atomic E-state index is 0.0492. The van der Waals surface area contributed by atoms with E-state index in [0.717, 1.165) is 6.54 Å². The third-order valence-electron chi connectivity index (χ3n) is 3.34. The molecule has 0 radical (unpaired) electrons. The first kappa shape index (κ1) is 18.7. The summed E-state index contributed by atoms with van der Waals surface area (Å²) in [5, 5.41) is 11.2. The van der Waals surface area contributed by atoms with Crippen molar-refractivity contribution in [1.82, 2.24) is 25.4 Å². The Hall–Kier alpha value is -1.63. The largest absolute Gasteiger partial charge is 0.348 e. The molecule has 1 aromatic heterocycles.